The quantitative estimate of drug-likeness (QED) is 0.875. The number of carbonyl (C=O) groups excluding carboxylic acids is 1. The zero-order valence-electron chi connectivity index (χ0n) is 12.4. The average molecular weight is 275 g/mol. The molecule has 108 valence electrons. The maximum Gasteiger partial charge on any atom is 0.272 e. The number of aromatic amines is 1. The first kappa shape index (κ1) is 14.3. The molecule has 2 heterocycles. The van der Waals surface area contributed by atoms with Crippen LogP contribution in [0.4, 0.5) is 0 Å². The Kier molecular flexibility index (Phi) is 4.22. The average Bonchev–Trinajstić information content (AvgIpc) is 2.99. The maximum absolute atomic E-state index is 12.1. The van der Waals surface area contributed by atoms with Crippen LogP contribution in [-0.4, -0.2) is 25.9 Å². The Balaban J connectivity index is 2.05. The lowest BCUT2D eigenvalue weighted by molar-refractivity contribution is 0.0934. The SMILES string of the molecule is CCCc1cc(C(=O)N[C@H](C)c2cnn(C)c2C)n[nH]1. The van der Waals surface area contributed by atoms with Crippen molar-refractivity contribution in [3.8, 4) is 0 Å². The summed E-state index contributed by atoms with van der Waals surface area (Å²) in [4.78, 5) is 12.1. The first-order valence-electron chi connectivity index (χ1n) is 6.86. The molecule has 2 aromatic rings. The Morgan fingerprint density at radius 3 is 2.90 bits per heavy atom. The minimum Gasteiger partial charge on any atom is -0.344 e. The van der Waals surface area contributed by atoms with Crippen LogP contribution in [0.5, 0.6) is 0 Å². The van der Waals surface area contributed by atoms with Crippen LogP contribution in [0.1, 0.15) is 53.7 Å². The molecule has 2 rings (SSSR count). The van der Waals surface area contributed by atoms with Gasteiger partial charge in [0.2, 0.25) is 0 Å². The van der Waals surface area contributed by atoms with E-state index in [9.17, 15) is 4.79 Å². The summed E-state index contributed by atoms with van der Waals surface area (Å²) in [7, 11) is 1.89. The van der Waals surface area contributed by atoms with Crippen LogP contribution in [0.3, 0.4) is 0 Å². The molecular weight excluding hydrogens is 254 g/mol. The number of hydrogen-bond donors (Lipinski definition) is 2. The highest BCUT2D eigenvalue weighted by atomic mass is 16.2. The minimum absolute atomic E-state index is 0.0949. The molecule has 0 aromatic carbocycles. The van der Waals surface area contributed by atoms with Crippen molar-refractivity contribution in [2.24, 2.45) is 7.05 Å². The van der Waals surface area contributed by atoms with E-state index in [2.05, 4.69) is 27.5 Å². The highest BCUT2D eigenvalue weighted by Gasteiger charge is 2.17. The van der Waals surface area contributed by atoms with E-state index < -0.39 is 0 Å². The number of aromatic nitrogens is 4. The lowest BCUT2D eigenvalue weighted by Gasteiger charge is -2.12. The molecule has 0 saturated heterocycles. The topological polar surface area (TPSA) is 75.6 Å². The van der Waals surface area contributed by atoms with E-state index in [1.807, 2.05) is 27.0 Å². The molecule has 0 unspecified atom stereocenters. The van der Waals surface area contributed by atoms with Crippen LogP contribution >= 0.6 is 0 Å². The van der Waals surface area contributed by atoms with Gasteiger partial charge in [0.15, 0.2) is 0 Å². The third-order valence-electron chi connectivity index (χ3n) is 3.47. The number of hydrogen-bond acceptors (Lipinski definition) is 3. The van der Waals surface area contributed by atoms with Crippen molar-refractivity contribution >= 4 is 5.91 Å². The number of rotatable bonds is 5. The Hall–Kier alpha value is -2.11. The van der Waals surface area contributed by atoms with Crippen LogP contribution in [-0.2, 0) is 13.5 Å². The number of amides is 1. The van der Waals surface area contributed by atoms with E-state index >= 15 is 0 Å². The van der Waals surface area contributed by atoms with E-state index in [0.29, 0.717) is 5.69 Å². The van der Waals surface area contributed by atoms with Gasteiger partial charge < -0.3 is 5.32 Å². The standard InChI is InChI=1S/C14H21N5O/c1-5-6-11-7-13(18-17-11)14(20)16-9(2)12-8-15-19(4)10(12)3/h7-9H,5-6H2,1-4H3,(H,16,20)(H,17,18)/t9-/m1/s1. The third kappa shape index (κ3) is 2.89. The molecule has 20 heavy (non-hydrogen) atoms. The molecule has 0 aliphatic heterocycles. The van der Waals surface area contributed by atoms with E-state index in [0.717, 1.165) is 29.8 Å². The van der Waals surface area contributed by atoms with Crippen molar-refractivity contribution < 1.29 is 4.79 Å². The predicted octanol–water partition coefficient (Wildman–Crippen LogP) is 1.90. The summed E-state index contributed by atoms with van der Waals surface area (Å²) >= 11 is 0. The van der Waals surface area contributed by atoms with Crippen LogP contribution in [0.2, 0.25) is 0 Å². The normalized spacial score (nSPS) is 12.4. The van der Waals surface area contributed by atoms with Gasteiger partial charge in [-0.2, -0.15) is 10.2 Å². The number of H-pyrrole nitrogens is 1. The molecule has 0 saturated carbocycles. The van der Waals surface area contributed by atoms with Crippen molar-refractivity contribution in [1.82, 2.24) is 25.3 Å². The van der Waals surface area contributed by atoms with E-state index in [1.54, 1.807) is 10.9 Å². The number of nitrogens with one attached hydrogen (secondary N) is 2. The predicted molar refractivity (Wildman–Crippen MR) is 76.4 cm³/mol. The zero-order chi connectivity index (χ0) is 14.7. The van der Waals surface area contributed by atoms with Gasteiger partial charge in [0, 0.05) is 24.0 Å². The summed E-state index contributed by atoms with van der Waals surface area (Å²) in [6.07, 6.45) is 3.71. The number of aryl methyl sites for hydroxylation is 2. The van der Waals surface area contributed by atoms with Gasteiger partial charge in [0.1, 0.15) is 5.69 Å². The molecule has 0 bridgehead atoms. The first-order chi connectivity index (χ1) is 9.52. The molecule has 1 amide bonds. The lowest BCUT2D eigenvalue weighted by atomic mass is 10.1. The summed E-state index contributed by atoms with van der Waals surface area (Å²) in [6, 6.07) is 1.71. The Morgan fingerprint density at radius 1 is 1.55 bits per heavy atom. The largest absolute Gasteiger partial charge is 0.344 e. The Morgan fingerprint density at radius 2 is 2.30 bits per heavy atom. The minimum atomic E-state index is -0.167. The zero-order valence-corrected chi connectivity index (χ0v) is 12.4. The summed E-state index contributed by atoms with van der Waals surface area (Å²) in [5.41, 5.74) is 3.49. The molecule has 0 aliphatic carbocycles. The molecule has 0 aliphatic rings. The smallest absolute Gasteiger partial charge is 0.272 e. The first-order valence-corrected chi connectivity index (χ1v) is 6.86. The second-order valence-electron chi connectivity index (χ2n) is 5.03. The van der Waals surface area contributed by atoms with Crippen molar-refractivity contribution in [2.45, 2.75) is 39.7 Å². The third-order valence-corrected chi connectivity index (χ3v) is 3.47. The lowest BCUT2D eigenvalue weighted by Crippen LogP contribution is -2.27. The van der Waals surface area contributed by atoms with Crippen LogP contribution < -0.4 is 5.32 Å². The van der Waals surface area contributed by atoms with Crippen molar-refractivity contribution in [3.05, 3.63) is 34.9 Å². The van der Waals surface area contributed by atoms with Crippen molar-refractivity contribution in [2.75, 3.05) is 0 Å². The maximum atomic E-state index is 12.1. The highest BCUT2D eigenvalue weighted by Crippen LogP contribution is 2.16. The van der Waals surface area contributed by atoms with Crippen LogP contribution in [0.15, 0.2) is 12.3 Å². The fourth-order valence-electron chi connectivity index (χ4n) is 2.16. The van der Waals surface area contributed by atoms with Gasteiger partial charge >= 0.3 is 0 Å². The molecule has 2 aromatic heterocycles. The van der Waals surface area contributed by atoms with Crippen LogP contribution in [0.25, 0.3) is 0 Å². The van der Waals surface area contributed by atoms with Crippen molar-refractivity contribution in [1.29, 1.82) is 0 Å². The number of nitrogens with zero attached hydrogens (tertiary/aromatic N) is 3. The molecule has 0 spiro atoms. The molecule has 6 heteroatoms. The highest BCUT2D eigenvalue weighted by molar-refractivity contribution is 5.92. The van der Waals surface area contributed by atoms with E-state index in [1.165, 1.54) is 0 Å². The molecule has 6 nitrogen and oxygen atoms in total. The van der Waals surface area contributed by atoms with Gasteiger partial charge in [0.05, 0.1) is 12.2 Å². The second-order valence-corrected chi connectivity index (χ2v) is 5.03. The molecule has 1 atom stereocenters. The monoisotopic (exact) mass is 275 g/mol. The second kappa shape index (κ2) is 5.90. The van der Waals surface area contributed by atoms with Crippen LogP contribution in [0, 0.1) is 6.92 Å². The molecular formula is C14H21N5O. The molecule has 0 fully saturated rings. The summed E-state index contributed by atoms with van der Waals surface area (Å²) in [5, 5.41) is 14.1. The van der Waals surface area contributed by atoms with Gasteiger partial charge in [0.25, 0.3) is 5.91 Å². The Bertz CT molecular complexity index is 598. The fourth-order valence-corrected chi connectivity index (χ4v) is 2.16. The fraction of sp³-hybridized carbons (Fsp3) is 0.500. The Labute approximate surface area is 118 Å². The van der Waals surface area contributed by atoms with Gasteiger partial charge in [-0.25, -0.2) is 0 Å². The van der Waals surface area contributed by atoms with E-state index in [4.69, 9.17) is 0 Å². The van der Waals surface area contributed by atoms with Gasteiger partial charge in [-0.15, -0.1) is 0 Å². The number of carbonyl (C=O) groups is 1. The van der Waals surface area contributed by atoms with Gasteiger partial charge in [-0.05, 0) is 26.3 Å². The molecule has 2 N–H and O–H groups in total. The summed E-state index contributed by atoms with van der Waals surface area (Å²) in [5.74, 6) is -0.167. The van der Waals surface area contributed by atoms with E-state index in [-0.39, 0.29) is 11.9 Å². The molecule has 0 radical (unpaired) electrons. The summed E-state index contributed by atoms with van der Waals surface area (Å²) in [6.45, 7) is 6.02. The van der Waals surface area contributed by atoms with Gasteiger partial charge in [-0.1, -0.05) is 13.3 Å². The van der Waals surface area contributed by atoms with Gasteiger partial charge in [-0.3, -0.25) is 14.6 Å². The summed E-state index contributed by atoms with van der Waals surface area (Å²) < 4.78 is 1.80. The van der Waals surface area contributed by atoms with Crippen molar-refractivity contribution in [3.63, 3.8) is 0 Å².